The highest BCUT2D eigenvalue weighted by Gasteiger charge is 2.17. The number of halogens is 1. The molecule has 0 aliphatic heterocycles. The topological polar surface area (TPSA) is 86.1 Å². The molecule has 0 aliphatic carbocycles. The highest BCUT2D eigenvalue weighted by molar-refractivity contribution is 7.99. The second kappa shape index (κ2) is 9.02. The first-order valence-corrected chi connectivity index (χ1v) is 10.2. The molecule has 0 aliphatic rings. The molecule has 3 aromatic heterocycles. The summed E-state index contributed by atoms with van der Waals surface area (Å²) in [5.74, 6) is 2.24. The van der Waals surface area contributed by atoms with Gasteiger partial charge in [0.15, 0.2) is 11.0 Å². The van der Waals surface area contributed by atoms with Gasteiger partial charge in [-0.2, -0.15) is 0 Å². The van der Waals surface area contributed by atoms with E-state index in [2.05, 4.69) is 15.5 Å². The molecule has 29 heavy (non-hydrogen) atoms. The van der Waals surface area contributed by atoms with E-state index in [0.717, 1.165) is 11.3 Å². The highest BCUT2D eigenvalue weighted by atomic mass is 35.5. The quantitative estimate of drug-likeness (QED) is 0.422. The van der Waals surface area contributed by atoms with Gasteiger partial charge in [-0.1, -0.05) is 23.4 Å². The van der Waals surface area contributed by atoms with Crippen LogP contribution in [0.25, 0.3) is 11.4 Å². The third kappa shape index (κ3) is 4.90. The second-order valence-electron chi connectivity index (χ2n) is 6.12. The molecular weight excluding hydrogens is 412 g/mol. The fraction of sp³-hybridized carbons (Fsp3) is 0.150. The Bertz CT molecular complexity index is 1060. The third-order valence-corrected chi connectivity index (χ3v) is 5.30. The number of nitrogens with zero attached hydrogens (tertiary/aromatic N) is 3. The molecule has 0 fully saturated rings. The summed E-state index contributed by atoms with van der Waals surface area (Å²) in [4.78, 5) is 12.2. The average molecular weight is 429 g/mol. The van der Waals surface area contributed by atoms with Crippen molar-refractivity contribution < 1.29 is 13.6 Å². The number of benzene rings is 1. The zero-order valence-corrected chi connectivity index (χ0v) is 16.8. The summed E-state index contributed by atoms with van der Waals surface area (Å²) in [6.45, 7) is 0.801. The molecule has 1 aromatic carbocycles. The molecule has 1 N–H and O–H groups in total. The Kier molecular flexibility index (Phi) is 6.02. The Balaban J connectivity index is 1.49. The van der Waals surface area contributed by atoms with Gasteiger partial charge in [-0.05, 0) is 48.5 Å². The minimum absolute atomic E-state index is 0.119. The molecule has 4 rings (SSSR count). The number of rotatable bonds is 8. The molecule has 4 aromatic rings. The van der Waals surface area contributed by atoms with Crippen LogP contribution in [0.5, 0.6) is 0 Å². The van der Waals surface area contributed by atoms with Crippen molar-refractivity contribution in [3.05, 3.63) is 77.6 Å². The number of carbonyl (C=O) groups is 1. The van der Waals surface area contributed by atoms with Gasteiger partial charge in [-0.25, -0.2) is 0 Å². The number of thioether (sulfide) groups is 1. The largest absolute Gasteiger partial charge is 0.467 e. The lowest BCUT2D eigenvalue weighted by molar-refractivity contribution is -0.118. The van der Waals surface area contributed by atoms with Crippen LogP contribution in [-0.4, -0.2) is 26.4 Å². The predicted octanol–water partition coefficient (Wildman–Crippen LogP) is 4.24. The monoisotopic (exact) mass is 428 g/mol. The molecule has 148 valence electrons. The first-order valence-electron chi connectivity index (χ1n) is 8.82. The predicted molar refractivity (Wildman–Crippen MR) is 110 cm³/mol. The van der Waals surface area contributed by atoms with E-state index in [1.54, 1.807) is 30.7 Å². The van der Waals surface area contributed by atoms with Crippen molar-refractivity contribution in [2.45, 2.75) is 18.2 Å². The number of hydrogen-bond acceptors (Lipinski definition) is 6. The summed E-state index contributed by atoms with van der Waals surface area (Å²) in [6.07, 6.45) is 3.20. The number of carbonyl (C=O) groups excluding carboxylic acids is 1. The molecule has 0 radical (unpaired) electrons. The van der Waals surface area contributed by atoms with Gasteiger partial charge in [0.1, 0.15) is 11.5 Å². The zero-order chi connectivity index (χ0) is 20.1. The first kappa shape index (κ1) is 19.4. The summed E-state index contributed by atoms with van der Waals surface area (Å²) >= 11 is 7.31. The van der Waals surface area contributed by atoms with Gasteiger partial charge in [-0.3, -0.25) is 9.36 Å². The van der Waals surface area contributed by atoms with Gasteiger partial charge in [-0.15, -0.1) is 10.2 Å². The van der Waals surface area contributed by atoms with Crippen molar-refractivity contribution in [3.8, 4) is 11.4 Å². The van der Waals surface area contributed by atoms with E-state index in [0.29, 0.717) is 34.9 Å². The molecule has 0 saturated carbocycles. The van der Waals surface area contributed by atoms with E-state index in [4.69, 9.17) is 20.4 Å². The number of aromatic nitrogens is 3. The SMILES string of the molecule is O=C(CSc1nnc(-c2ccc(Cl)cc2)n1Cc1ccco1)NCc1ccco1. The Hall–Kier alpha value is -2.97. The molecule has 0 saturated heterocycles. The van der Waals surface area contributed by atoms with E-state index in [-0.39, 0.29) is 11.7 Å². The van der Waals surface area contributed by atoms with E-state index < -0.39 is 0 Å². The molecule has 3 heterocycles. The molecule has 0 bridgehead atoms. The Morgan fingerprint density at radius 1 is 1.03 bits per heavy atom. The molecule has 0 unspecified atom stereocenters. The second-order valence-corrected chi connectivity index (χ2v) is 7.50. The van der Waals surface area contributed by atoms with Crippen molar-refractivity contribution in [2.75, 3.05) is 5.75 Å². The van der Waals surface area contributed by atoms with E-state index in [9.17, 15) is 4.79 Å². The van der Waals surface area contributed by atoms with Gasteiger partial charge < -0.3 is 14.2 Å². The molecular formula is C20H17ClN4O3S. The van der Waals surface area contributed by atoms with E-state index >= 15 is 0 Å². The van der Waals surface area contributed by atoms with Crippen LogP contribution < -0.4 is 5.32 Å². The average Bonchev–Trinajstić information content (AvgIpc) is 3.49. The van der Waals surface area contributed by atoms with Crippen molar-refractivity contribution in [1.29, 1.82) is 0 Å². The summed E-state index contributed by atoms with van der Waals surface area (Å²) in [7, 11) is 0. The maximum absolute atomic E-state index is 12.2. The summed E-state index contributed by atoms with van der Waals surface area (Å²) in [5.41, 5.74) is 0.877. The zero-order valence-electron chi connectivity index (χ0n) is 15.2. The molecule has 7 nitrogen and oxygen atoms in total. The van der Waals surface area contributed by atoms with Crippen LogP contribution in [0.4, 0.5) is 0 Å². The summed E-state index contributed by atoms with van der Waals surface area (Å²) in [5, 5.41) is 12.7. The molecule has 9 heteroatoms. The van der Waals surface area contributed by atoms with Crippen LogP contribution in [-0.2, 0) is 17.9 Å². The molecule has 1 amide bonds. The van der Waals surface area contributed by atoms with Gasteiger partial charge in [0.05, 0.1) is 31.4 Å². The van der Waals surface area contributed by atoms with Crippen LogP contribution in [0.15, 0.2) is 75.0 Å². The van der Waals surface area contributed by atoms with Crippen molar-refractivity contribution in [2.24, 2.45) is 0 Å². The highest BCUT2D eigenvalue weighted by Crippen LogP contribution is 2.26. The van der Waals surface area contributed by atoms with Gasteiger partial charge >= 0.3 is 0 Å². The molecule has 0 atom stereocenters. The summed E-state index contributed by atoms with van der Waals surface area (Å²) in [6, 6.07) is 14.7. The van der Waals surface area contributed by atoms with E-state index in [1.165, 1.54) is 11.8 Å². The Labute approximate surface area is 176 Å². The maximum Gasteiger partial charge on any atom is 0.230 e. The maximum atomic E-state index is 12.2. The third-order valence-electron chi connectivity index (χ3n) is 4.09. The van der Waals surface area contributed by atoms with Crippen molar-refractivity contribution in [3.63, 3.8) is 0 Å². The van der Waals surface area contributed by atoms with Crippen molar-refractivity contribution >= 4 is 29.3 Å². The smallest absolute Gasteiger partial charge is 0.230 e. The van der Waals surface area contributed by atoms with Crippen LogP contribution >= 0.6 is 23.4 Å². The van der Waals surface area contributed by atoms with E-state index in [1.807, 2.05) is 34.9 Å². The minimum Gasteiger partial charge on any atom is -0.467 e. The Morgan fingerprint density at radius 3 is 2.45 bits per heavy atom. The van der Waals surface area contributed by atoms with Crippen LogP contribution in [0.2, 0.25) is 5.02 Å². The first-order chi connectivity index (χ1) is 14.2. The Morgan fingerprint density at radius 2 is 1.76 bits per heavy atom. The van der Waals surface area contributed by atoms with Crippen LogP contribution in [0, 0.1) is 0 Å². The van der Waals surface area contributed by atoms with Crippen molar-refractivity contribution in [1.82, 2.24) is 20.1 Å². The van der Waals surface area contributed by atoms with Gasteiger partial charge in [0, 0.05) is 10.6 Å². The lowest BCUT2D eigenvalue weighted by atomic mass is 10.2. The lowest BCUT2D eigenvalue weighted by Gasteiger charge is -2.09. The summed E-state index contributed by atoms with van der Waals surface area (Å²) < 4.78 is 12.6. The number of nitrogens with one attached hydrogen (secondary N) is 1. The standard InChI is InChI=1S/C20H17ClN4O3S/c21-15-7-5-14(6-8-15)19-23-24-20(25(19)12-17-4-2-10-28-17)29-13-18(26)22-11-16-3-1-9-27-16/h1-10H,11-13H2,(H,22,26). The molecule has 0 spiro atoms. The fourth-order valence-electron chi connectivity index (χ4n) is 2.69. The lowest BCUT2D eigenvalue weighted by Crippen LogP contribution is -2.24. The minimum atomic E-state index is -0.119. The number of hydrogen-bond donors (Lipinski definition) is 1. The fourth-order valence-corrected chi connectivity index (χ4v) is 3.58. The number of furan rings is 2. The van der Waals surface area contributed by atoms with Gasteiger partial charge in [0.25, 0.3) is 0 Å². The van der Waals surface area contributed by atoms with Crippen LogP contribution in [0.1, 0.15) is 11.5 Å². The van der Waals surface area contributed by atoms with Gasteiger partial charge in [0.2, 0.25) is 5.91 Å². The normalized spacial score (nSPS) is 10.9. The number of amides is 1. The van der Waals surface area contributed by atoms with Crippen LogP contribution in [0.3, 0.4) is 0 Å².